The number of imide groups is 1. The lowest BCUT2D eigenvalue weighted by molar-refractivity contribution is -0.155. The SMILES string of the molecule is O=C(O)[C@H](Cc1ccc(O)cc1)N1C(=O)[C@H]2CCCC[C@@H]2C1=O. The monoisotopic (exact) mass is 317 g/mol. The quantitative estimate of drug-likeness (QED) is 0.822. The number of hydrogen-bond acceptors (Lipinski definition) is 4. The summed E-state index contributed by atoms with van der Waals surface area (Å²) >= 11 is 0. The molecular weight excluding hydrogens is 298 g/mol. The number of aromatic hydroxyl groups is 1. The number of likely N-dealkylation sites (tertiary alicyclic amines) is 1. The Bertz CT molecular complexity index is 615. The molecule has 1 saturated heterocycles. The second-order valence-electron chi connectivity index (χ2n) is 6.27. The number of phenols is 1. The maximum atomic E-state index is 12.5. The highest BCUT2D eigenvalue weighted by molar-refractivity contribution is 6.07. The van der Waals surface area contributed by atoms with Crippen LogP contribution in [0.2, 0.25) is 0 Å². The van der Waals surface area contributed by atoms with Crippen LogP contribution in [0, 0.1) is 11.8 Å². The summed E-state index contributed by atoms with van der Waals surface area (Å²) in [6, 6.07) is 4.93. The van der Waals surface area contributed by atoms with Crippen LogP contribution in [0.5, 0.6) is 5.75 Å². The van der Waals surface area contributed by atoms with Crippen molar-refractivity contribution in [2.45, 2.75) is 38.1 Å². The molecule has 3 atom stereocenters. The van der Waals surface area contributed by atoms with E-state index in [1.165, 1.54) is 12.1 Å². The maximum Gasteiger partial charge on any atom is 0.327 e. The highest BCUT2D eigenvalue weighted by atomic mass is 16.4. The van der Waals surface area contributed by atoms with Gasteiger partial charge in [0.15, 0.2) is 0 Å². The number of carbonyl (C=O) groups excluding carboxylic acids is 2. The minimum Gasteiger partial charge on any atom is -0.508 e. The Balaban J connectivity index is 1.85. The molecule has 2 aliphatic rings. The fraction of sp³-hybridized carbons (Fsp3) is 0.471. The van der Waals surface area contributed by atoms with Crippen LogP contribution >= 0.6 is 0 Å². The minimum absolute atomic E-state index is 0.0481. The van der Waals surface area contributed by atoms with Crippen LogP contribution in [0.4, 0.5) is 0 Å². The van der Waals surface area contributed by atoms with Crippen molar-refractivity contribution in [3.8, 4) is 5.75 Å². The molecule has 0 spiro atoms. The van der Waals surface area contributed by atoms with Gasteiger partial charge in [-0.1, -0.05) is 25.0 Å². The number of benzene rings is 1. The molecule has 0 aromatic heterocycles. The van der Waals surface area contributed by atoms with Crippen molar-refractivity contribution >= 4 is 17.8 Å². The Kier molecular flexibility index (Phi) is 4.07. The molecule has 3 rings (SSSR count). The molecule has 1 aliphatic heterocycles. The van der Waals surface area contributed by atoms with E-state index in [1.54, 1.807) is 12.1 Å². The van der Waals surface area contributed by atoms with Gasteiger partial charge in [0.1, 0.15) is 11.8 Å². The number of amides is 2. The predicted octanol–water partition coefficient (Wildman–Crippen LogP) is 1.56. The van der Waals surface area contributed by atoms with Crippen LogP contribution in [0.15, 0.2) is 24.3 Å². The fourth-order valence-electron chi connectivity index (χ4n) is 3.64. The molecular formula is C17H19NO5. The number of carboxylic acid groups (broad SMARTS) is 1. The fourth-order valence-corrected chi connectivity index (χ4v) is 3.64. The van der Waals surface area contributed by atoms with Gasteiger partial charge < -0.3 is 10.2 Å². The number of phenolic OH excluding ortho intramolecular Hbond substituents is 1. The molecule has 0 unspecified atom stereocenters. The molecule has 6 nitrogen and oxygen atoms in total. The number of hydrogen-bond donors (Lipinski definition) is 2. The van der Waals surface area contributed by atoms with E-state index in [9.17, 15) is 24.6 Å². The molecule has 2 fully saturated rings. The number of carbonyl (C=O) groups is 3. The molecule has 1 aromatic rings. The lowest BCUT2D eigenvalue weighted by atomic mass is 9.81. The van der Waals surface area contributed by atoms with Gasteiger partial charge in [0.25, 0.3) is 0 Å². The molecule has 2 N–H and O–H groups in total. The van der Waals surface area contributed by atoms with Gasteiger partial charge in [0.2, 0.25) is 11.8 Å². The Hall–Kier alpha value is -2.37. The zero-order chi connectivity index (χ0) is 16.6. The zero-order valence-electron chi connectivity index (χ0n) is 12.6. The third-order valence-corrected chi connectivity index (χ3v) is 4.84. The summed E-state index contributed by atoms with van der Waals surface area (Å²) in [5, 5.41) is 18.8. The molecule has 1 aliphatic carbocycles. The summed E-state index contributed by atoms with van der Waals surface area (Å²) in [4.78, 5) is 37.7. The topological polar surface area (TPSA) is 94.9 Å². The van der Waals surface area contributed by atoms with Gasteiger partial charge >= 0.3 is 5.97 Å². The second kappa shape index (κ2) is 6.02. The molecule has 0 bridgehead atoms. The van der Waals surface area contributed by atoms with E-state index in [4.69, 9.17) is 0 Å². The number of nitrogens with zero attached hydrogens (tertiary/aromatic N) is 1. The smallest absolute Gasteiger partial charge is 0.327 e. The first kappa shape index (κ1) is 15.5. The lowest BCUT2D eigenvalue weighted by Gasteiger charge is -2.23. The molecule has 1 saturated carbocycles. The number of fused-ring (bicyclic) bond motifs is 1. The second-order valence-corrected chi connectivity index (χ2v) is 6.27. The molecule has 23 heavy (non-hydrogen) atoms. The van der Waals surface area contributed by atoms with Gasteiger partial charge in [-0.15, -0.1) is 0 Å². The van der Waals surface area contributed by atoms with Gasteiger partial charge in [-0.05, 0) is 30.5 Å². The molecule has 2 amide bonds. The van der Waals surface area contributed by atoms with Crippen LogP contribution in [0.3, 0.4) is 0 Å². The zero-order valence-corrected chi connectivity index (χ0v) is 12.6. The van der Waals surface area contributed by atoms with E-state index < -0.39 is 12.0 Å². The molecule has 122 valence electrons. The minimum atomic E-state index is -1.19. The van der Waals surface area contributed by atoms with Gasteiger partial charge in [-0.3, -0.25) is 14.5 Å². The molecule has 6 heteroatoms. The normalized spacial score (nSPS) is 25.3. The number of rotatable bonds is 4. The van der Waals surface area contributed by atoms with Gasteiger partial charge in [-0.25, -0.2) is 4.79 Å². The third kappa shape index (κ3) is 2.81. The highest BCUT2D eigenvalue weighted by Gasteiger charge is 2.51. The van der Waals surface area contributed by atoms with Crippen LogP contribution in [-0.4, -0.2) is 38.9 Å². The van der Waals surface area contributed by atoms with E-state index in [-0.39, 0.29) is 35.8 Å². The Morgan fingerprint density at radius 2 is 1.61 bits per heavy atom. The average molecular weight is 317 g/mol. The van der Waals surface area contributed by atoms with Gasteiger partial charge in [0.05, 0.1) is 11.8 Å². The van der Waals surface area contributed by atoms with E-state index in [1.807, 2.05) is 0 Å². The summed E-state index contributed by atoms with van der Waals surface area (Å²) < 4.78 is 0. The van der Waals surface area contributed by atoms with E-state index in [2.05, 4.69) is 0 Å². The highest BCUT2D eigenvalue weighted by Crippen LogP contribution is 2.39. The van der Waals surface area contributed by atoms with Crippen molar-refractivity contribution in [3.05, 3.63) is 29.8 Å². The summed E-state index contributed by atoms with van der Waals surface area (Å²) in [6.45, 7) is 0. The molecule has 1 aromatic carbocycles. The number of aliphatic carboxylic acids is 1. The average Bonchev–Trinajstić information content (AvgIpc) is 2.79. The standard InChI is InChI=1S/C17H19NO5/c19-11-7-5-10(6-8-11)9-14(17(22)23)18-15(20)12-3-1-2-4-13(12)16(18)21/h5-8,12-14,19H,1-4,9H2,(H,22,23)/t12-,13-,14-/m0/s1. The van der Waals surface area contributed by atoms with Crippen LogP contribution < -0.4 is 0 Å². The van der Waals surface area contributed by atoms with E-state index >= 15 is 0 Å². The Labute approximate surface area is 133 Å². The molecule has 1 heterocycles. The summed E-state index contributed by atoms with van der Waals surface area (Å²) in [7, 11) is 0. The van der Waals surface area contributed by atoms with Crippen molar-refractivity contribution in [3.63, 3.8) is 0 Å². The van der Waals surface area contributed by atoms with Crippen LogP contribution in [0.25, 0.3) is 0 Å². The van der Waals surface area contributed by atoms with Crippen molar-refractivity contribution in [1.29, 1.82) is 0 Å². The predicted molar refractivity (Wildman–Crippen MR) is 80.5 cm³/mol. The summed E-state index contributed by atoms with van der Waals surface area (Å²) in [5.41, 5.74) is 0.658. The van der Waals surface area contributed by atoms with Crippen LogP contribution in [-0.2, 0) is 20.8 Å². The summed E-state index contributed by atoms with van der Waals surface area (Å²) in [6.07, 6.45) is 3.19. The van der Waals surface area contributed by atoms with Gasteiger partial charge in [0, 0.05) is 6.42 Å². The van der Waals surface area contributed by atoms with Crippen molar-refractivity contribution in [1.82, 2.24) is 4.90 Å². The van der Waals surface area contributed by atoms with Gasteiger partial charge in [-0.2, -0.15) is 0 Å². The van der Waals surface area contributed by atoms with Crippen molar-refractivity contribution in [2.24, 2.45) is 11.8 Å². The van der Waals surface area contributed by atoms with E-state index in [0.717, 1.165) is 17.7 Å². The number of carboxylic acids is 1. The Morgan fingerprint density at radius 3 is 2.09 bits per heavy atom. The lowest BCUT2D eigenvalue weighted by Crippen LogP contribution is -2.46. The largest absolute Gasteiger partial charge is 0.508 e. The third-order valence-electron chi connectivity index (χ3n) is 4.84. The first-order chi connectivity index (χ1) is 11.0. The van der Waals surface area contributed by atoms with Crippen LogP contribution in [0.1, 0.15) is 31.2 Å². The molecule has 0 radical (unpaired) electrons. The first-order valence-corrected chi connectivity index (χ1v) is 7.86. The summed E-state index contributed by atoms with van der Waals surface area (Å²) in [5.74, 6) is -2.48. The van der Waals surface area contributed by atoms with E-state index in [0.29, 0.717) is 18.4 Å². The van der Waals surface area contributed by atoms with Crippen molar-refractivity contribution < 1.29 is 24.6 Å². The first-order valence-electron chi connectivity index (χ1n) is 7.86. The van der Waals surface area contributed by atoms with Crippen molar-refractivity contribution in [2.75, 3.05) is 0 Å². The Morgan fingerprint density at radius 1 is 1.09 bits per heavy atom. The maximum absolute atomic E-state index is 12.5.